The molecule has 128 valence electrons. The zero-order valence-electron chi connectivity index (χ0n) is 13.8. The number of piperidine rings is 1. The maximum atomic E-state index is 12.9. The minimum Gasteiger partial charge on any atom is -0.480 e. The highest BCUT2D eigenvalue weighted by molar-refractivity contribution is 5.86. The fourth-order valence-electron chi connectivity index (χ4n) is 3.65. The van der Waals surface area contributed by atoms with Crippen molar-refractivity contribution >= 4 is 17.8 Å². The quantitative estimate of drug-likeness (QED) is 0.886. The fraction of sp³-hybridized carbons (Fsp3) is 0.500. The zero-order valence-corrected chi connectivity index (χ0v) is 13.8. The smallest absolute Gasteiger partial charge is 0.326 e. The number of likely N-dealkylation sites (tertiary alicyclic amines) is 1. The van der Waals surface area contributed by atoms with E-state index in [2.05, 4.69) is 0 Å². The van der Waals surface area contributed by atoms with Crippen LogP contribution in [-0.4, -0.2) is 51.8 Å². The van der Waals surface area contributed by atoms with Crippen LogP contribution in [0.2, 0.25) is 0 Å². The van der Waals surface area contributed by atoms with Crippen LogP contribution < -0.4 is 0 Å². The summed E-state index contributed by atoms with van der Waals surface area (Å²) in [6, 6.07) is 6.88. The topological polar surface area (TPSA) is 77.9 Å². The number of amides is 2. The predicted octanol–water partition coefficient (Wildman–Crippen LogP) is 1.28. The lowest BCUT2D eigenvalue weighted by atomic mass is 9.90. The lowest BCUT2D eigenvalue weighted by molar-refractivity contribution is -0.154. The van der Waals surface area contributed by atoms with Gasteiger partial charge in [0.2, 0.25) is 11.8 Å². The van der Waals surface area contributed by atoms with Gasteiger partial charge in [-0.05, 0) is 24.0 Å². The summed E-state index contributed by atoms with van der Waals surface area (Å²) in [7, 11) is 0. The molecule has 1 aromatic carbocycles. The molecule has 2 aliphatic rings. The first-order valence-corrected chi connectivity index (χ1v) is 8.33. The Morgan fingerprint density at radius 3 is 2.29 bits per heavy atom. The number of carboxylic acid groups (broad SMARTS) is 1. The molecule has 24 heavy (non-hydrogen) atoms. The highest BCUT2D eigenvalue weighted by Gasteiger charge is 2.38. The lowest BCUT2D eigenvalue weighted by Crippen LogP contribution is -2.52. The molecule has 6 heteroatoms. The normalized spacial score (nSPS) is 21.3. The molecule has 1 N–H and O–H groups in total. The summed E-state index contributed by atoms with van der Waals surface area (Å²) < 4.78 is 0. The van der Waals surface area contributed by atoms with Crippen LogP contribution in [0.1, 0.15) is 30.9 Å². The first-order chi connectivity index (χ1) is 11.5. The van der Waals surface area contributed by atoms with Crippen molar-refractivity contribution in [1.29, 1.82) is 0 Å². The molecule has 0 saturated carbocycles. The van der Waals surface area contributed by atoms with Crippen LogP contribution in [0.15, 0.2) is 24.3 Å². The van der Waals surface area contributed by atoms with Gasteiger partial charge < -0.3 is 14.9 Å². The van der Waals surface area contributed by atoms with Gasteiger partial charge in [-0.25, -0.2) is 4.79 Å². The van der Waals surface area contributed by atoms with Crippen molar-refractivity contribution in [3.63, 3.8) is 0 Å². The molecule has 0 bridgehead atoms. The molecule has 1 atom stereocenters. The molecule has 3 rings (SSSR count). The molecular weight excluding hydrogens is 308 g/mol. The van der Waals surface area contributed by atoms with E-state index in [1.54, 1.807) is 4.90 Å². The van der Waals surface area contributed by atoms with Gasteiger partial charge in [0.15, 0.2) is 0 Å². The first-order valence-electron chi connectivity index (χ1n) is 8.33. The summed E-state index contributed by atoms with van der Waals surface area (Å²) in [5, 5.41) is 9.55. The maximum Gasteiger partial charge on any atom is 0.326 e. The zero-order chi connectivity index (χ0) is 17.3. The number of aliphatic carboxylic acids is 1. The van der Waals surface area contributed by atoms with Crippen molar-refractivity contribution in [2.24, 2.45) is 5.92 Å². The highest BCUT2D eigenvalue weighted by atomic mass is 16.4. The average molecular weight is 330 g/mol. The molecule has 0 spiro atoms. The van der Waals surface area contributed by atoms with E-state index in [-0.39, 0.29) is 17.7 Å². The van der Waals surface area contributed by atoms with Crippen LogP contribution in [0.4, 0.5) is 0 Å². The summed E-state index contributed by atoms with van der Waals surface area (Å²) in [5.41, 5.74) is 2.02. The Labute approximate surface area is 141 Å². The molecule has 2 heterocycles. The molecule has 0 aliphatic carbocycles. The van der Waals surface area contributed by atoms with E-state index < -0.39 is 12.0 Å². The lowest BCUT2D eigenvalue weighted by Gasteiger charge is -2.38. The summed E-state index contributed by atoms with van der Waals surface area (Å²) in [6.45, 7) is 3.00. The third-order valence-electron chi connectivity index (χ3n) is 5.11. The van der Waals surface area contributed by atoms with Crippen LogP contribution in [0.25, 0.3) is 0 Å². The Hall–Kier alpha value is -2.37. The van der Waals surface area contributed by atoms with Crippen LogP contribution >= 0.6 is 0 Å². The van der Waals surface area contributed by atoms with Crippen LogP contribution in [-0.2, 0) is 27.3 Å². The molecule has 2 aliphatic heterocycles. The van der Waals surface area contributed by atoms with Crippen molar-refractivity contribution < 1.29 is 19.5 Å². The Morgan fingerprint density at radius 2 is 1.71 bits per heavy atom. The van der Waals surface area contributed by atoms with Gasteiger partial charge in [0.25, 0.3) is 0 Å². The number of nitrogens with zero attached hydrogens (tertiary/aromatic N) is 2. The standard InChI is InChI=1S/C18H22N2O4/c1-12(21)19-8-6-13(7-9-19)17(22)20-11-15-5-3-2-4-14(15)10-16(20)18(23)24/h2-5,13,16H,6-11H2,1H3,(H,23,24). The second-order valence-electron chi connectivity index (χ2n) is 6.57. The Balaban J connectivity index is 1.76. The molecule has 6 nitrogen and oxygen atoms in total. The second-order valence-corrected chi connectivity index (χ2v) is 6.57. The number of rotatable bonds is 2. The van der Waals surface area contributed by atoms with Crippen LogP contribution in [0.3, 0.4) is 0 Å². The number of hydrogen-bond acceptors (Lipinski definition) is 3. The minimum absolute atomic E-state index is 0.0243. The third-order valence-corrected chi connectivity index (χ3v) is 5.11. The summed E-state index contributed by atoms with van der Waals surface area (Å²) in [4.78, 5) is 39.2. The number of benzene rings is 1. The number of fused-ring (bicyclic) bond motifs is 1. The van der Waals surface area contributed by atoms with Gasteiger partial charge in [-0.3, -0.25) is 9.59 Å². The Kier molecular flexibility index (Phi) is 4.55. The van der Waals surface area contributed by atoms with E-state index in [4.69, 9.17) is 0 Å². The SMILES string of the molecule is CC(=O)N1CCC(C(=O)N2Cc3ccccc3CC2C(=O)O)CC1. The van der Waals surface area contributed by atoms with Crippen LogP contribution in [0.5, 0.6) is 0 Å². The number of carbonyl (C=O) groups is 3. The van der Waals surface area contributed by atoms with Gasteiger partial charge in [0, 0.05) is 38.9 Å². The van der Waals surface area contributed by atoms with Gasteiger partial charge >= 0.3 is 5.97 Å². The van der Waals surface area contributed by atoms with Gasteiger partial charge in [0.05, 0.1) is 0 Å². The van der Waals surface area contributed by atoms with E-state index >= 15 is 0 Å². The Morgan fingerprint density at radius 1 is 1.08 bits per heavy atom. The number of carbonyl (C=O) groups excluding carboxylic acids is 2. The van der Waals surface area contributed by atoms with E-state index in [9.17, 15) is 19.5 Å². The highest BCUT2D eigenvalue weighted by Crippen LogP contribution is 2.28. The van der Waals surface area contributed by atoms with Gasteiger partial charge in [-0.15, -0.1) is 0 Å². The Bertz CT molecular complexity index is 665. The fourth-order valence-corrected chi connectivity index (χ4v) is 3.65. The minimum atomic E-state index is -0.959. The average Bonchev–Trinajstić information content (AvgIpc) is 2.60. The van der Waals surface area contributed by atoms with E-state index in [1.807, 2.05) is 24.3 Å². The van der Waals surface area contributed by atoms with Crippen LogP contribution in [0, 0.1) is 5.92 Å². The van der Waals surface area contributed by atoms with Gasteiger partial charge in [-0.1, -0.05) is 24.3 Å². The van der Waals surface area contributed by atoms with Gasteiger partial charge in [-0.2, -0.15) is 0 Å². The summed E-state index contributed by atoms with van der Waals surface area (Å²) >= 11 is 0. The number of hydrogen-bond donors (Lipinski definition) is 1. The van der Waals surface area contributed by atoms with Crippen molar-refractivity contribution in [3.05, 3.63) is 35.4 Å². The molecule has 1 fully saturated rings. The van der Waals surface area contributed by atoms with Crippen molar-refractivity contribution in [3.8, 4) is 0 Å². The van der Waals surface area contributed by atoms with Gasteiger partial charge in [0.1, 0.15) is 6.04 Å². The molecule has 2 amide bonds. The molecule has 0 aromatic heterocycles. The molecule has 1 aromatic rings. The molecule has 0 radical (unpaired) electrons. The van der Waals surface area contributed by atoms with Crippen molar-refractivity contribution in [2.45, 2.75) is 38.8 Å². The van der Waals surface area contributed by atoms with Crippen molar-refractivity contribution in [2.75, 3.05) is 13.1 Å². The monoisotopic (exact) mass is 330 g/mol. The van der Waals surface area contributed by atoms with E-state index in [1.165, 1.54) is 11.8 Å². The van der Waals surface area contributed by atoms with E-state index in [0.29, 0.717) is 38.9 Å². The summed E-state index contributed by atoms with van der Waals surface area (Å²) in [5.74, 6) is -1.23. The second kappa shape index (κ2) is 6.63. The number of carboxylic acids is 1. The van der Waals surface area contributed by atoms with E-state index in [0.717, 1.165) is 11.1 Å². The maximum absolute atomic E-state index is 12.9. The molecule has 1 saturated heterocycles. The summed E-state index contributed by atoms with van der Waals surface area (Å²) in [6.07, 6.45) is 1.55. The largest absolute Gasteiger partial charge is 0.480 e. The van der Waals surface area contributed by atoms with Crippen molar-refractivity contribution in [1.82, 2.24) is 9.80 Å². The third kappa shape index (κ3) is 3.13. The molecular formula is C18H22N2O4. The predicted molar refractivity (Wildman–Crippen MR) is 87.1 cm³/mol. The first kappa shape index (κ1) is 16.5. The molecule has 1 unspecified atom stereocenters.